The normalized spacial score (nSPS) is 26.3. The van der Waals surface area contributed by atoms with Crippen molar-refractivity contribution in [1.82, 2.24) is 15.6 Å². The summed E-state index contributed by atoms with van der Waals surface area (Å²) in [4.78, 5) is 42.6. The molecule has 5 rings (SSSR count). The fourth-order valence-corrected chi connectivity index (χ4v) is 7.28. The number of benzene rings is 1. The maximum Gasteiger partial charge on any atom is 0.261 e. The highest BCUT2D eigenvalue weighted by molar-refractivity contribution is 7.92. The van der Waals surface area contributed by atoms with Gasteiger partial charge in [0.15, 0.2) is 9.84 Å². The Labute approximate surface area is 229 Å². The van der Waals surface area contributed by atoms with E-state index in [1.54, 1.807) is 6.92 Å². The summed E-state index contributed by atoms with van der Waals surface area (Å²) in [6.45, 7) is 8.19. The van der Waals surface area contributed by atoms with E-state index in [9.17, 15) is 22.8 Å². The number of carbonyl (C=O) groups excluding carboxylic acids is 2. The Morgan fingerprint density at radius 3 is 2.46 bits per heavy atom. The molecule has 3 atom stereocenters. The molecule has 0 bridgehead atoms. The first-order chi connectivity index (χ1) is 18.4. The Hall–Kier alpha value is -3.20. The number of allylic oxidation sites excluding steroid dienone is 3. The van der Waals surface area contributed by atoms with E-state index in [1.165, 1.54) is 6.07 Å². The van der Waals surface area contributed by atoms with E-state index in [2.05, 4.69) is 42.5 Å². The van der Waals surface area contributed by atoms with Crippen molar-refractivity contribution in [2.75, 3.05) is 5.75 Å². The Balaban J connectivity index is 1.46. The predicted molar refractivity (Wildman–Crippen MR) is 153 cm³/mol. The molecule has 2 unspecified atom stereocenters. The number of pyridine rings is 1. The SMILES string of the molecule is CC(C)C1(C)C=CC(NC(=O)c2c(C3CCC3)ccc3cc(C(=O)N[C@@H]4CC(C)S(=O)(=O)C4)c(=O)[nH]c23)=CC1. The minimum atomic E-state index is -3.25. The van der Waals surface area contributed by atoms with Crippen LogP contribution < -0.4 is 16.2 Å². The fourth-order valence-electron chi connectivity index (χ4n) is 5.65. The second-order valence-electron chi connectivity index (χ2n) is 12.0. The smallest absolute Gasteiger partial charge is 0.261 e. The maximum absolute atomic E-state index is 13.7. The van der Waals surface area contributed by atoms with Crippen molar-refractivity contribution in [1.29, 1.82) is 0 Å². The topological polar surface area (TPSA) is 125 Å². The molecule has 208 valence electrons. The highest BCUT2D eigenvalue weighted by Gasteiger charge is 2.36. The third-order valence-electron chi connectivity index (χ3n) is 9.05. The van der Waals surface area contributed by atoms with Crippen molar-refractivity contribution in [3.8, 4) is 0 Å². The molecule has 1 saturated heterocycles. The minimum absolute atomic E-state index is 0.0354. The lowest BCUT2D eigenvalue weighted by Gasteiger charge is -2.32. The van der Waals surface area contributed by atoms with E-state index in [4.69, 9.17) is 0 Å². The molecule has 2 heterocycles. The van der Waals surface area contributed by atoms with Crippen LogP contribution in [-0.4, -0.2) is 42.3 Å². The van der Waals surface area contributed by atoms with Crippen LogP contribution in [0.4, 0.5) is 0 Å². The lowest BCUT2D eigenvalue weighted by atomic mass is 9.74. The van der Waals surface area contributed by atoms with Gasteiger partial charge in [-0.3, -0.25) is 14.4 Å². The lowest BCUT2D eigenvalue weighted by Crippen LogP contribution is -2.38. The highest BCUT2D eigenvalue weighted by Crippen LogP contribution is 2.40. The van der Waals surface area contributed by atoms with Crippen LogP contribution in [0.5, 0.6) is 0 Å². The molecule has 0 radical (unpaired) electrons. The van der Waals surface area contributed by atoms with Gasteiger partial charge >= 0.3 is 0 Å². The number of sulfone groups is 1. The number of rotatable bonds is 6. The van der Waals surface area contributed by atoms with Gasteiger partial charge in [-0.15, -0.1) is 0 Å². The molecule has 0 spiro atoms. The third-order valence-corrected chi connectivity index (χ3v) is 11.3. The van der Waals surface area contributed by atoms with Crippen molar-refractivity contribution >= 4 is 32.6 Å². The molecule has 1 aliphatic heterocycles. The number of aromatic nitrogens is 1. The van der Waals surface area contributed by atoms with Crippen molar-refractivity contribution < 1.29 is 18.0 Å². The molecule has 3 N–H and O–H groups in total. The van der Waals surface area contributed by atoms with Gasteiger partial charge in [-0.2, -0.15) is 0 Å². The van der Waals surface area contributed by atoms with Gasteiger partial charge in [0.1, 0.15) is 5.56 Å². The van der Waals surface area contributed by atoms with Crippen molar-refractivity contribution in [3.63, 3.8) is 0 Å². The molecule has 1 saturated carbocycles. The van der Waals surface area contributed by atoms with E-state index in [-0.39, 0.29) is 28.6 Å². The third kappa shape index (κ3) is 5.21. The minimum Gasteiger partial charge on any atom is -0.348 e. The van der Waals surface area contributed by atoms with E-state index in [1.807, 2.05) is 24.3 Å². The van der Waals surface area contributed by atoms with Crippen LogP contribution in [0, 0.1) is 11.3 Å². The maximum atomic E-state index is 13.7. The fraction of sp³-hybridized carbons (Fsp3) is 0.500. The molecule has 2 amide bonds. The van der Waals surface area contributed by atoms with Crippen LogP contribution in [0.25, 0.3) is 10.9 Å². The van der Waals surface area contributed by atoms with Crippen molar-refractivity contribution in [2.45, 2.75) is 77.0 Å². The molecule has 39 heavy (non-hydrogen) atoms. The number of carbonyl (C=O) groups is 2. The van der Waals surface area contributed by atoms with Gasteiger partial charge in [0.2, 0.25) is 0 Å². The van der Waals surface area contributed by atoms with Crippen molar-refractivity contribution in [2.24, 2.45) is 11.3 Å². The molecule has 1 aromatic carbocycles. The zero-order valence-corrected chi connectivity index (χ0v) is 23.8. The van der Waals surface area contributed by atoms with Gasteiger partial charge in [0.05, 0.1) is 22.1 Å². The highest BCUT2D eigenvalue weighted by atomic mass is 32.2. The van der Waals surface area contributed by atoms with Gasteiger partial charge in [-0.05, 0) is 72.9 Å². The first-order valence-electron chi connectivity index (χ1n) is 13.8. The molecule has 2 fully saturated rings. The molecule has 9 heteroatoms. The van der Waals surface area contributed by atoms with E-state index < -0.39 is 32.6 Å². The molecule has 2 aromatic rings. The summed E-state index contributed by atoms with van der Waals surface area (Å²) in [7, 11) is -3.25. The number of aromatic amines is 1. The molecular formula is C30H37N3O5S. The zero-order chi connectivity index (χ0) is 28.1. The summed E-state index contributed by atoms with van der Waals surface area (Å²) in [5, 5.41) is 5.79. The van der Waals surface area contributed by atoms with E-state index in [0.29, 0.717) is 28.8 Å². The largest absolute Gasteiger partial charge is 0.348 e. The standard InChI is InChI=1S/C30H37N3O5S/c1-17(2)30(4)12-10-21(11-13-30)31-29(36)25-23(19-6-5-7-19)9-8-20-15-24(28(35)33-26(20)25)27(34)32-22-14-18(3)39(37,38)16-22/h8-12,15,17-19,22H,5-7,13-14,16H2,1-4H3,(H,31,36)(H,32,34)(H,33,35)/t18?,22-,30?/m1/s1. The van der Waals surface area contributed by atoms with E-state index >= 15 is 0 Å². The van der Waals surface area contributed by atoms with Crippen LogP contribution in [0.1, 0.15) is 92.0 Å². The molecule has 3 aliphatic rings. The number of amides is 2. The average molecular weight is 552 g/mol. The summed E-state index contributed by atoms with van der Waals surface area (Å²) in [6, 6.07) is 4.71. The summed E-state index contributed by atoms with van der Waals surface area (Å²) in [5.41, 5.74) is 1.79. The number of hydrogen-bond acceptors (Lipinski definition) is 5. The van der Waals surface area contributed by atoms with Crippen LogP contribution in [0.2, 0.25) is 0 Å². The molecule has 1 aromatic heterocycles. The predicted octanol–water partition coefficient (Wildman–Crippen LogP) is 4.34. The second kappa shape index (κ2) is 10.1. The Morgan fingerprint density at radius 1 is 1.15 bits per heavy atom. The van der Waals surface area contributed by atoms with Gasteiger partial charge < -0.3 is 15.6 Å². The number of hydrogen-bond donors (Lipinski definition) is 3. The van der Waals surface area contributed by atoms with Gasteiger partial charge in [0.25, 0.3) is 17.4 Å². The Morgan fingerprint density at radius 2 is 1.90 bits per heavy atom. The number of nitrogens with one attached hydrogen (secondary N) is 3. The molecular weight excluding hydrogens is 514 g/mol. The van der Waals surface area contributed by atoms with Gasteiger partial charge in [-0.1, -0.05) is 51.5 Å². The quantitative estimate of drug-likeness (QED) is 0.493. The zero-order valence-electron chi connectivity index (χ0n) is 23.0. The van der Waals surface area contributed by atoms with Crippen molar-refractivity contribution in [3.05, 3.63) is 69.2 Å². The Kier molecular flexibility index (Phi) is 7.07. The van der Waals surface area contributed by atoms with Crippen LogP contribution >= 0.6 is 0 Å². The first kappa shape index (κ1) is 27.4. The second-order valence-corrected chi connectivity index (χ2v) is 14.5. The lowest BCUT2D eigenvalue weighted by molar-refractivity contribution is 0.0937. The van der Waals surface area contributed by atoms with E-state index in [0.717, 1.165) is 36.9 Å². The van der Waals surface area contributed by atoms with Gasteiger partial charge in [0, 0.05) is 11.7 Å². The van der Waals surface area contributed by atoms with Crippen LogP contribution in [0.15, 0.2) is 46.9 Å². The summed E-state index contributed by atoms with van der Waals surface area (Å²) >= 11 is 0. The average Bonchev–Trinajstić information content (AvgIpc) is 3.09. The van der Waals surface area contributed by atoms with Crippen LogP contribution in [-0.2, 0) is 9.84 Å². The number of H-pyrrole nitrogens is 1. The Bertz CT molecular complexity index is 1560. The summed E-state index contributed by atoms with van der Waals surface area (Å²) in [6.07, 6.45) is 10.3. The molecule has 2 aliphatic carbocycles. The van der Waals surface area contributed by atoms with Gasteiger partial charge in [-0.25, -0.2) is 8.42 Å². The van der Waals surface area contributed by atoms with Crippen LogP contribution in [0.3, 0.4) is 0 Å². The molecule has 8 nitrogen and oxygen atoms in total. The number of fused-ring (bicyclic) bond motifs is 1. The summed E-state index contributed by atoms with van der Waals surface area (Å²) < 4.78 is 24.2. The summed E-state index contributed by atoms with van der Waals surface area (Å²) in [5.74, 6) is -0.338. The monoisotopic (exact) mass is 551 g/mol. The first-order valence-corrected chi connectivity index (χ1v) is 15.5.